The average molecular weight is 198 g/mol. The van der Waals surface area contributed by atoms with Crippen molar-refractivity contribution >= 4 is 21.6 Å². The van der Waals surface area contributed by atoms with Gasteiger partial charge in [-0.1, -0.05) is 0 Å². The first kappa shape index (κ1) is 10.1. The Kier molecular flexibility index (Phi) is 3.31. The molecule has 2 nitrogen and oxygen atoms in total. The molecular formula is C9H11FN2S. The van der Waals surface area contributed by atoms with E-state index in [2.05, 4.69) is 16.0 Å². The Balaban J connectivity index is 0.000000396. The number of nitrogens with zero attached hydrogens (tertiary/aromatic N) is 2. The van der Waals surface area contributed by atoms with Crippen molar-refractivity contribution in [2.75, 3.05) is 7.18 Å². The highest BCUT2D eigenvalue weighted by molar-refractivity contribution is 7.16. The van der Waals surface area contributed by atoms with Gasteiger partial charge in [0, 0.05) is 11.1 Å². The van der Waals surface area contributed by atoms with Crippen LogP contribution in [-0.4, -0.2) is 17.1 Å². The predicted octanol–water partition coefficient (Wildman–Crippen LogP) is 2.89. The van der Waals surface area contributed by atoms with Crippen LogP contribution in [-0.2, 0) is 0 Å². The molecule has 2 rings (SSSR count). The molecule has 0 aromatic carbocycles. The van der Waals surface area contributed by atoms with Gasteiger partial charge in [0.05, 0.1) is 7.18 Å². The Morgan fingerprint density at radius 2 is 1.92 bits per heavy atom. The summed E-state index contributed by atoms with van der Waals surface area (Å²) in [5, 5.41) is 3.23. The first-order valence-corrected chi connectivity index (χ1v) is 4.71. The van der Waals surface area contributed by atoms with Gasteiger partial charge in [0.15, 0.2) is 0 Å². The van der Waals surface area contributed by atoms with Crippen LogP contribution in [0.2, 0.25) is 0 Å². The Hall–Kier alpha value is -1.03. The molecule has 2 aromatic heterocycles. The smallest absolute Gasteiger partial charge is 0.127 e. The maximum absolute atomic E-state index is 9.50. The van der Waals surface area contributed by atoms with E-state index in [9.17, 15) is 4.39 Å². The fraction of sp³-hybridized carbons (Fsp3) is 0.333. The number of alkyl halides is 1. The van der Waals surface area contributed by atoms with E-state index >= 15 is 0 Å². The van der Waals surface area contributed by atoms with Gasteiger partial charge in [-0.2, -0.15) is 0 Å². The minimum Gasteiger partial charge on any atom is -0.255 e. The van der Waals surface area contributed by atoms with Crippen molar-refractivity contribution < 1.29 is 4.39 Å². The van der Waals surface area contributed by atoms with Gasteiger partial charge in [-0.05, 0) is 25.3 Å². The Bertz CT molecular complexity index is 397. The molecule has 0 amide bonds. The summed E-state index contributed by atoms with van der Waals surface area (Å²) >= 11 is 1.66. The number of aryl methyl sites for hydroxylation is 2. The minimum atomic E-state index is 0.500. The number of hydrogen-bond acceptors (Lipinski definition) is 3. The van der Waals surface area contributed by atoms with Gasteiger partial charge >= 0.3 is 0 Å². The summed E-state index contributed by atoms with van der Waals surface area (Å²) in [5.74, 6) is 0.859. The third-order valence-corrected chi connectivity index (χ3v) is 2.43. The van der Waals surface area contributed by atoms with Gasteiger partial charge in [-0.3, -0.25) is 4.39 Å². The van der Waals surface area contributed by atoms with Gasteiger partial charge in [0.1, 0.15) is 10.7 Å². The van der Waals surface area contributed by atoms with Crippen LogP contribution in [0.1, 0.15) is 11.5 Å². The van der Waals surface area contributed by atoms with Crippen molar-refractivity contribution in [3.63, 3.8) is 0 Å². The van der Waals surface area contributed by atoms with Gasteiger partial charge in [-0.15, -0.1) is 11.3 Å². The van der Waals surface area contributed by atoms with Crippen molar-refractivity contribution in [3.8, 4) is 0 Å². The lowest BCUT2D eigenvalue weighted by atomic mass is 10.3. The number of fused-ring (bicyclic) bond motifs is 1. The van der Waals surface area contributed by atoms with Crippen LogP contribution in [0.5, 0.6) is 0 Å². The normalized spacial score (nSPS) is 9.54. The Morgan fingerprint density at radius 1 is 1.23 bits per heavy atom. The SMILES string of the molecule is CF.Cc1nc(C)c2ccsc2n1. The van der Waals surface area contributed by atoms with E-state index in [1.165, 1.54) is 5.39 Å². The molecule has 0 saturated heterocycles. The van der Waals surface area contributed by atoms with Crippen LogP contribution >= 0.6 is 11.3 Å². The van der Waals surface area contributed by atoms with Crippen LogP contribution in [0.3, 0.4) is 0 Å². The Morgan fingerprint density at radius 3 is 2.62 bits per heavy atom. The molecule has 0 aliphatic rings. The van der Waals surface area contributed by atoms with E-state index < -0.39 is 0 Å². The van der Waals surface area contributed by atoms with Crippen molar-refractivity contribution in [1.82, 2.24) is 9.97 Å². The van der Waals surface area contributed by atoms with Crippen LogP contribution in [0.25, 0.3) is 10.2 Å². The molecule has 70 valence electrons. The lowest BCUT2D eigenvalue weighted by Crippen LogP contribution is -1.89. The maximum Gasteiger partial charge on any atom is 0.127 e. The third kappa shape index (κ3) is 2.01. The molecule has 0 aliphatic heterocycles. The zero-order valence-corrected chi connectivity index (χ0v) is 8.65. The quantitative estimate of drug-likeness (QED) is 0.650. The zero-order valence-electron chi connectivity index (χ0n) is 7.84. The molecule has 0 spiro atoms. The molecule has 0 radical (unpaired) electrons. The van der Waals surface area contributed by atoms with E-state index in [0.29, 0.717) is 7.18 Å². The molecule has 2 heterocycles. The van der Waals surface area contributed by atoms with Crippen LogP contribution < -0.4 is 0 Å². The monoisotopic (exact) mass is 198 g/mol. The second-order valence-electron chi connectivity index (χ2n) is 2.50. The fourth-order valence-corrected chi connectivity index (χ4v) is 2.00. The largest absolute Gasteiger partial charge is 0.255 e. The molecular weight excluding hydrogens is 187 g/mol. The van der Waals surface area contributed by atoms with Crippen molar-refractivity contribution in [1.29, 1.82) is 0 Å². The molecule has 4 heteroatoms. The summed E-state index contributed by atoms with van der Waals surface area (Å²) in [4.78, 5) is 9.67. The molecule has 0 N–H and O–H groups in total. The first-order valence-electron chi connectivity index (χ1n) is 3.83. The summed E-state index contributed by atoms with van der Waals surface area (Å²) < 4.78 is 9.50. The van der Waals surface area contributed by atoms with Gasteiger partial charge in [0.2, 0.25) is 0 Å². The average Bonchev–Trinajstić information content (AvgIpc) is 2.55. The van der Waals surface area contributed by atoms with E-state index in [0.717, 1.165) is 16.3 Å². The van der Waals surface area contributed by atoms with Crippen LogP contribution in [0.15, 0.2) is 11.4 Å². The molecule has 0 aliphatic carbocycles. The predicted molar refractivity (Wildman–Crippen MR) is 53.9 cm³/mol. The number of rotatable bonds is 0. The fourth-order valence-electron chi connectivity index (χ4n) is 1.14. The van der Waals surface area contributed by atoms with E-state index in [-0.39, 0.29) is 0 Å². The lowest BCUT2D eigenvalue weighted by molar-refractivity contribution is 0.636. The number of halogens is 1. The number of hydrogen-bond donors (Lipinski definition) is 0. The summed E-state index contributed by atoms with van der Waals surface area (Å²) in [6, 6.07) is 2.06. The molecule has 0 fully saturated rings. The van der Waals surface area contributed by atoms with Gasteiger partial charge < -0.3 is 0 Å². The van der Waals surface area contributed by atoms with Crippen molar-refractivity contribution in [2.24, 2.45) is 0 Å². The second kappa shape index (κ2) is 4.28. The summed E-state index contributed by atoms with van der Waals surface area (Å²) in [5.41, 5.74) is 1.08. The van der Waals surface area contributed by atoms with E-state index in [1.54, 1.807) is 11.3 Å². The topological polar surface area (TPSA) is 25.8 Å². The molecule has 0 unspecified atom stereocenters. The minimum absolute atomic E-state index is 0.500. The first-order chi connectivity index (χ1) is 6.27. The number of aromatic nitrogens is 2. The standard InChI is InChI=1S/C8H8N2S.CH3F/c1-5-7-3-4-11-8(7)10-6(2)9-5;1-2/h3-4H,1-2H3;1H3. The highest BCUT2D eigenvalue weighted by Gasteiger charge is 2.00. The van der Waals surface area contributed by atoms with Crippen LogP contribution in [0.4, 0.5) is 4.39 Å². The summed E-state index contributed by atoms with van der Waals surface area (Å²) in [7, 11) is 0.500. The molecule has 13 heavy (non-hydrogen) atoms. The summed E-state index contributed by atoms with van der Waals surface area (Å²) in [6.45, 7) is 3.94. The number of thiophene rings is 1. The van der Waals surface area contributed by atoms with Crippen LogP contribution in [0, 0.1) is 13.8 Å². The molecule has 0 atom stereocenters. The van der Waals surface area contributed by atoms with Crippen molar-refractivity contribution in [2.45, 2.75) is 13.8 Å². The molecule has 0 bridgehead atoms. The van der Waals surface area contributed by atoms with Crippen molar-refractivity contribution in [3.05, 3.63) is 23.0 Å². The maximum atomic E-state index is 9.50. The molecule has 0 saturated carbocycles. The van der Waals surface area contributed by atoms with Gasteiger partial charge in [-0.25, -0.2) is 9.97 Å². The van der Waals surface area contributed by atoms with E-state index in [1.807, 2.05) is 19.2 Å². The highest BCUT2D eigenvalue weighted by Crippen LogP contribution is 2.20. The van der Waals surface area contributed by atoms with E-state index in [4.69, 9.17) is 0 Å². The lowest BCUT2D eigenvalue weighted by Gasteiger charge is -1.95. The van der Waals surface area contributed by atoms with Gasteiger partial charge in [0.25, 0.3) is 0 Å². The zero-order chi connectivity index (χ0) is 9.84. The second-order valence-corrected chi connectivity index (χ2v) is 3.39. The highest BCUT2D eigenvalue weighted by atomic mass is 32.1. The summed E-state index contributed by atoms with van der Waals surface area (Å²) in [6.07, 6.45) is 0. The Labute approximate surface area is 80.5 Å². The molecule has 2 aromatic rings. The third-order valence-electron chi connectivity index (χ3n) is 1.63.